The van der Waals surface area contributed by atoms with Gasteiger partial charge in [0.25, 0.3) is 5.91 Å². The van der Waals surface area contributed by atoms with Gasteiger partial charge in [0.1, 0.15) is 5.82 Å². The highest BCUT2D eigenvalue weighted by molar-refractivity contribution is 6.30. The monoisotopic (exact) mass is 468 g/mol. The number of hydrazine groups is 1. The summed E-state index contributed by atoms with van der Waals surface area (Å²) in [4.78, 5) is 13.5. The molecule has 3 rings (SSSR count). The molecule has 2 aromatic rings. The number of benzene rings is 2. The molecule has 0 spiro atoms. The van der Waals surface area contributed by atoms with Crippen LogP contribution in [0.2, 0.25) is 5.02 Å². The van der Waals surface area contributed by atoms with Crippen LogP contribution < -0.4 is 16.5 Å². The minimum Gasteiger partial charge on any atom is -0.370 e. The van der Waals surface area contributed by atoms with Crippen LogP contribution in [0.5, 0.6) is 0 Å². The van der Waals surface area contributed by atoms with Crippen molar-refractivity contribution in [2.45, 2.75) is 70.9 Å². The number of nitrogens with one attached hydrogen (secondary N) is 2. The summed E-state index contributed by atoms with van der Waals surface area (Å²) in [7, 11) is 0. The van der Waals surface area contributed by atoms with Gasteiger partial charge in [-0.1, -0.05) is 67.9 Å². The van der Waals surface area contributed by atoms with E-state index in [1.165, 1.54) is 5.56 Å². The molecule has 0 bridgehead atoms. The van der Waals surface area contributed by atoms with Crippen molar-refractivity contribution in [2.75, 3.05) is 6.54 Å². The van der Waals surface area contributed by atoms with Crippen molar-refractivity contribution in [3.05, 3.63) is 82.1 Å². The SMILES string of the molecule is CCC(CC)(NC(=O)/C(C)=C1\NC[C@@H](c2ccccc2)CC(C)(C)N1N)c1ccc(Cl)cc1. The van der Waals surface area contributed by atoms with Gasteiger partial charge in [-0.05, 0) is 63.3 Å². The molecule has 2 aromatic carbocycles. The van der Waals surface area contributed by atoms with E-state index < -0.39 is 5.54 Å². The average molecular weight is 469 g/mol. The van der Waals surface area contributed by atoms with Crippen LogP contribution in [-0.4, -0.2) is 23.0 Å². The predicted octanol–water partition coefficient (Wildman–Crippen LogP) is 5.43. The fourth-order valence-corrected chi connectivity index (χ4v) is 4.88. The minimum absolute atomic E-state index is 0.124. The van der Waals surface area contributed by atoms with E-state index >= 15 is 0 Å². The maximum atomic E-state index is 13.5. The molecule has 33 heavy (non-hydrogen) atoms. The van der Waals surface area contributed by atoms with Crippen molar-refractivity contribution in [1.29, 1.82) is 0 Å². The second kappa shape index (κ2) is 10.2. The van der Waals surface area contributed by atoms with E-state index in [2.05, 4.69) is 62.6 Å². The van der Waals surface area contributed by atoms with Crippen LogP contribution in [0, 0.1) is 0 Å². The molecule has 1 aliphatic rings. The molecular weight excluding hydrogens is 432 g/mol. The molecule has 0 saturated carbocycles. The summed E-state index contributed by atoms with van der Waals surface area (Å²) in [5.41, 5.74) is 2.10. The summed E-state index contributed by atoms with van der Waals surface area (Å²) in [6, 6.07) is 18.2. The zero-order valence-electron chi connectivity index (χ0n) is 20.4. The summed E-state index contributed by atoms with van der Waals surface area (Å²) in [5.74, 6) is 7.45. The van der Waals surface area contributed by atoms with Crippen molar-refractivity contribution in [3.8, 4) is 0 Å². The van der Waals surface area contributed by atoms with Gasteiger partial charge >= 0.3 is 0 Å². The molecule has 178 valence electrons. The summed E-state index contributed by atoms with van der Waals surface area (Å²) < 4.78 is 0. The Morgan fingerprint density at radius 1 is 1.15 bits per heavy atom. The van der Waals surface area contributed by atoms with Crippen LogP contribution >= 0.6 is 11.6 Å². The van der Waals surface area contributed by atoms with E-state index in [1.807, 2.05) is 37.3 Å². The summed E-state index contributed by atoms with van der Waals surface area (Å²) in [6.07, 6.45) is 2.40. The van der Waals surface area contributed by atoms with Crippen LogP contribution in [0.15, 0.2) is 66.0 Å². The molecular formula is C27H37ClN4O. The number of carbonyl (C=O) groups is 1. The smallest absolute Gasteiger partial charge is 0.251 e. The topological polar surface area (TPSA) is 70.4 Å². The van der Waals surface area contributed by atoms with E-state index in [4.69, 9.17) is 17.4 Å². The number of halogens is 1. The number of rotatable bonds is 6. The normalized spacial score (nSPS) is 20.0. The summed E-state index contributed by atoms with van der Waals surface area (Å²) in [5, 5.41) is 9.21. The van der Waals surface area contributed by atoms with Gasteiger partial charge in [0.15, 0.2) is 0 Å². The van der Waals surface area contributed by atoms with Crippen molar-refractivity contribution in [3.63, 3.8) is 0 Å². The average Bonchev–Trinajstić information content (AvgIpc) is 2.94. The van der Waals surface area contributed by atoms with E-state index in [0.29, 0.717) is 28.9 Å². The third kappa shape index (κ3) is 5.36. The van der Waals surface area contributed by atoms with Crippen LogP contribution in [0.25, 0.3) is 0 Å². The molecule has 1 atom stereocenters. The van der Waals surface area contributed by atoms with E-state index in [0.717, 1.165) is 24.8 Å². The third-order valence-electron chi connectivity index (χ3n) is 7.08. The second-order valence-electron chi connectivity index (χ2n) is 9.60. The zero-order valence-corrected chi connectivity index (χ0v) is 21.2. The highest BCUT2D eigenvalue weighted by atomic mass is 35.5. The van der Waals surface area contributed by atoms with Crippen LogP contribution in [0.1, 0.15) is 70.9 Å². The Hall–Kier alpha value is -2.50. The maximum absolute atomic E-state index is 13.5. The number of hydrogen-bond acceptors (Lipinski definition) is 4. The first-order valence-corrected chi connectivity index (χ1v) is 12.1. The number of amides is 1. The van der Waals surface area contributed by atoms with E-state index in [9.17, 15) is 4.79 Å². The Balaban J connectivity index is 1.90. The first-order valence-electron chi connectivity index (χ1n) is 11.8. The van der Waals surface area contributed by atoms with Crippen molar-refractivity contribution in [2.24, 2.45) is 5.84 Å². The quantitative estimate of drug-likeness (QED) is 0.390. The van der Waals surface area contributed by atoms with Crippen LogP contribution in [0.3, 0.4) is 0 Å². The van der Waals surface area contributed by atoms with Crippen molar-refractivity contribution < 1.29 is 4.79 Å². The maximum Gasteiger partial charge on any atom is 0.251 e. The molecule has 1 saturated heterocycles. The van der Waals surface area contributed by atoms with Gasteiger partial charge in [0.05, 0.1) is 16.7 Å². The number of nitrogens with zero attached hydrogens (tertiary/aromatic N) is 1. The molecule has 4 N–H and O–H groups in total. The first-order chi connectivity index (χ1) is 15.6. The Morgan fingerprint density at radius 2 is 1.76 bits per heavy atom. The molecule has 1 heterocycles. The van der Waals surface area contributed by atoms with Crippen molar-refractivity contribution in [1.82, 2.24) is 15.6 Å². The summed E-state index contributed by atoms with van der Waals surface area (Å²) >= 11 is 6.10. The van der Waals surface area contributed by atoms with Crippen LogP contribution in [0.4, 0.5) is 0 Å². The Morgan fingerprint density at radius 3 is 2.33 bits per heavy atom. The number of nitrogens with two attached hydrogens (primary N) is 1. The van der Waals surface area contributed by atoms with E-state index in [-0.39, 0.29) is 11.4 Å². The largest absolute Gasteiger partial charge is 0.370 e. The third-order valence-corrected chi connectivity index (χ3v) is 7.33. The van der Waals surface area contributed by atoms with Gasteiger partial charge in [-0.25, -0.2) is 5.84 Å². The highest BCUT2D eigenvalue weighted by Crippen LogP contribution is 2.34. The molecule has 0 unspecified atom stereocenters. The molecule has 0 aliphatic carbocycles. The Labute approximate surface area is 203 Å². The number of carbonyl (C=O) groups excluding carboxylic acids is 1. The fraction of sp³-hybridized carbons (Fsp3) is 0.444. The lowest BCUT2D eigenvalue weighted by molar-refractivity contribution is -0.119. The molecule has 1 aliphatic heterocycles. The van der Waals surface area contributed by atoms with Gasteiger partial charge < -0.3 is 10.6 Å². The number of hydrogen-bond donors (Lipinski definition) is 3. The lowest BCUT2D eigenvalue weighted by atomic mass is 9.84. The highest BCUT2D eigenvalue weighted by Gasteiger charge is 2.37. The van der Waals surface area contributed by atoms with Gasteiger partial charge in [-0.2, -0.15) is 0 Å². The van der Waals surface area contributed by atoms with Gasteiger partial charge in [-0.3, -0.25) is 9.80 Å². The van der Waals surface area contributed by atoms with Crippen molar-refractivity contribution >= 4 is 17.5 Å². The lowest BCUT2D eigenvalue weighted by Crippen LogP contribution is -2.51. The molecule has 5 nitrogen and oxygen atoms in total. The molecule has 1 amide bonds. The van der Waals surface area contributed by atoms with Gasteiger partial charge in [0.2, 0.25) is 0 Å². The molecule has 1 fully saturated rings. The predicted molar refractivity (Wildman–Crippen MR) is 136 cm³/mol. The lowest BCUT2D eigenvalue weighted by Gasteiger charge is -2.38. The van der Waals surface area contributed by atoms with Crippen LogP contribution in [-0.2, 0) is 10.3 Å². The standard InChI is InChI=1S/C27H37ClN4O/c1-6-27(7-2,22-13-15-23(28)16-14-22)31-25(33)19(3)24-30-18-21(17-26(4,5)32(24)29)20-11-9-8-10-12-20/h8-16,21,30H,6-7,17-18,29H2,1-5H3,(H,31,33)/b24-19+/t21-/m0/s1. The molecule has 0 radical (unpaired) electrons. The first kappa shape index (κ1) is 25.1. The summed E-state index contributed by atoms with van der Waals surface area (Å²) in [6.45, 7) is 11.0. The minimum atomic E-state index is -0.476. The Bertz CT molecular complexity index is 981. The fourth-order valence-electron chi connectivity index (χ4n) is 4.75. The zero-order chi connectivity index (χ0) is 24.2. The molecule has 6 heteroatoms. The Kier molecular flexibility index (Phi) is 7.76. The van der Waals surface area contributed by atoms with Gasteiger partial charge in [-0.15, -0.1) is 0 Å². The van der Waals surface area contributed by atoms with Gasteiger partial charge in [0, 0.05) is 17.5 Å². The second-order valence-corrected chi connectivity index (χ2v) is 10.0. The van der Waals surface area contributed by atoms with E-state index in [1.54, 1.807) is 5.01 Å². The molecule has 0 aromatic heterocycles.